The first-order valence-electron chi connectivity index (χ1n) is 6.22. The number of piperidine rings is 1. The van der Waals surface area contributed by atoms with E-state index < -0.39 is 11.9 Å². The van der Waals surface area contributed by atoms with Gasteiger partial charge >= 0.3 is 6.18 Å². The van der Waals surface area contributed by atoms with Crippen LogP contribution in [0, 0.1) is 0 Å². The van der Waals surface area contributed by atoms with E-state index in [1.54, 1.807) is 0 Å². The molecule has 1 amide bonds. The highest BCUT2D eigenvalue weighted by atomic mass is 19.4. The van der Waals surface area contributed by atoms with Crippen molar-refractivity contribution in [2.45, 2.75) is 44.8 Å². The standard InChI is InChI=1S/C12H16F3N3O/c1-7(2)9-6-10(12(13,14)15)17-18(9)8-3-4-16-11(19)5-8/h6-8H,3-5H2,1-2H3,(H,16,19). The molecule has 0 spiro atoms. The summed E-state index contributed by atoms with van der Waals surface area (Å²) in [6.07, 6.45) is -3.67. The molecular formula is C12H16F3N3O. The first kappa shape index (κ1) is 13.9. The van der Waals surface area contributed by atoms with Crippen molar-refractivity contribution in [3.63, 3.8) is 0 Å². The molecule has 1 N–H and O–H groups in total. The average Bonchev–Trinajstić information content (AvgIpc) is 2.73. The molecule has 1 atom stereocenters. The van der Waals surface area contributed by atoms with Crippen molar-refractivity contribution >= 4 is 5.91 Å². The van der Waals surface area contributed by atoms with E-state index in [0.29, 0.717) is 18.7 Å². The first-order valence-corrected chi connectivity index (χ1v) is 6.22. The van der Waals surface area contributed by atoms with Gasteiger partial charge in [0, 0.05) is 18.7 Å². The van der Waals surface area contributed by atoms with E-state index in [1.165, 1.54) is 4.68 Å². The Morgan fingerprint density at radius 1 is 1.47 bits per heavy atom. The monoisotopic (exact) mass is 275 g/mol. The second kappa shape index (κ2) is 4.86. The van der Waals surface area contributed by atoms with E-state index >= 15 is 0 Å². The number of rotatable bonds is 2. The van der Waals surface area contributed by atoms with E-state index in [-0.39, 0.29) is 24.3 Å². The van der Waals surface area contributed by atoms with Crippen LogP contribution in [0.25, 0.3) is 0 Å². The lowest BCUT2D eigenvalue weighted by molar-refractivity contribution is -0.141. The van der Waals surface area contributed by atoms with Gasteiger partial charge in [0.25, 0.3) is 0 Å². The third-order valence-corrected chi connectivity index (χ3v) is 3.21. The quantitative estimate of drug-likeness (QED) is 0.901. The maximum Gasteiger partial charge on any atom is 0.435 e. The number of halogens is 3. The minimum Gasteiger partial charge on any atom is -0.356 e. The van der Waals surface area contributed by atoms with Crippen molar-refractivity contribution in [1.29, 1.82) is 0 Å². The number of aromatic nitrogens is 2. The molecular weight excluding hydrogens is 259 g/mol. The molecule has 0 saturated carbocycles. The van der Waals surface area contributed by atoms with Crippen LogP contribution in [0.15, 0.2) is 6.07 Å². The molecule has 4 nitrogen and oxygen atoms in total. The van der Waals surface area contributed by atoms with E-state index in [9.17, 15) is 18.0 Å². The van der Waals surface area contributed by atoms with Crippen LogP contribution in [0.1, 0.15) is 50.0 Å². The van der Waals surface area contributed by atoms with Gasteiger partial charge in [0.2, 0.25) is 5.91 Å². The molecule has 1 unspecified atom stereocenters. The van der Waals surface area contributed by atoms with Gasteiger partial charge in [-0.2, -0.15) is 18.3 Å². The molecule has 1 aromatic rings. The normalized spacial score (nSPS) is 20.7. The van der Waals surface area contributed by atoms with Crippen molar-refractivity contribution in [1.82, 2.24) is 15.1 Å². The number of amides is 1. The molecule has 0 aromatic carbocycles. The lowest BCUT2D eigenvalue weighted by Crippen LogP contribution is -2.35. The van der Waals surface area contributed by atoms with Gasteiger partial charge in [-0.25, -0.2) is 0 Å². The van der Waals surface area contributed by atoms with Crippen LogP contribution in [0.3, 0.4) is 0 Å². The molecule has 1 aromatic heterocycles. The van der Waals surface area contributed by atoms with E-state index in [4.69, 9.17) is 0 Å². The zero-order valence-corrected chi connectivity index (χ0v) is 10.8. The molecule has 0 aliphatic carbocycles. The molecule has 1 saturated heterocycles. The highest BCUT2D eigenvalue weighted by Gasteiger charge is 2.36. The summed E-state index contributed by atoms with van der Waals surface area (Å²) in [7, 11) is 0. The Kier molecular flexibility index (Phi) is 3.56. The Hall–Kier alpha value is -1.53. The number of nitrogens with zero attached hydrogens (tertiary/aromatic N) is 2. The second-order valence-electron chi connectivity index (χ2n) is 5.05. The van der Waals surface area contributed by atoms with Crippen LogP contribution in [-0.4, -0.2) is 22.2 Å². The maximum atomic E-state index is 12.7. The molecule has 106 valence electrons. The van der Waals surface area contributed by atoms with Crippen LogP contribution >= 0.6 is 0 Å². The Bertz CT molecular complexity index is 479. The predicted molar refractivity (Wildman–Crippen MR) is 62.6 cm³/mol. The van der Waals surface area contributed by atoms with Crippen LogP contribution in [-0.2, 0) is 11.0 Å². The third kappa shape index (κ3) is 2.90. The summed E-state index contributed by atoms with van der Waals surface area (Å²) in [6, 6.07) is 0.791. The molecule has 7 heteroatoms. The van der Waals surface area contributed by atoms with Gasteiger partial charge in [-0.05, 0) is 18.4 Å². The number of nitrogens with one attached hydrogen (secondary N) is 1. The van der Waals surface area contributed by atoms with Gasteiger partial charge in [-0.15, -0.1) is 0 Å². The van der Waals surface area contributed by atoms with E-state index in [0.717, 1.165) is 6.07 Å². The molecule has 19 heavy (non-hydrogen) atoms. The largest absolute Gasteiger partial charge is 0.435 e. The minimum atomic E-state index is -4.45. The molecule has 2 rings (SSSR count). The van der Waals surface area contributed by atoms with E-state index in [1.807, 2.05) is 13.8 Å². The second-order valence-corrected chi connectivity index (χ2v) is 5.05. The van der Waals surface area contributed by atoms with E-state index in [2.05, 4.69) is 10.4 Å². The summed E-state index contributed by atoms with van der Waals surface area (Å²) in [5.74, 6) is -0.219. The minimum absolute atomic E-state index is 0.0754. The fourth-order valence-electron chi connectivity index (χ4n) is 2.25. The number of alkyl halides is 3. The van der Waals surface area contributed by atoms with Gasteiger partial charge in [0.15, 0.2) is 5.69 Å². The Morgan fingerprint density at radius 2 is 2.16 bits per heavy atom. The Balaban J connectivity index is 2.37. The van der Waals surface area contributed by atoms with Crippen molar-refractivity contribution in [3.8, 4) is 0 Å². The third-order valence-electron chi connectivity index (χ3n) is 3.21. The molecule has 1 aliphatic rings. The summed E-state index contributed by atoms with van der Waals surface area (Å²) in [6.45, 7) is 4.11. The zero-order chi connectivity index (χ0) is 14.2. The van der Waals surface area contributed by atoms with Gasteiger partial charge in [-0.3, -0.25) is 9.48 Å². The summed E-state index contributed by atoms with van der Waals surface area (Å²) in [4.78, 5) is 11.4. The molecule has 2 heterocycles. The predicted octanol–water partition coefficient (Wildman–Crippen LogP) is 2.48. The van der Waals surface area contributed by atoms with Crippen LogP contribution < -0.4 is 5.32 Å². The lowest BCUT2D eigenvalue weighted by Gasteiger charge is -2.25. The molecule has 0 bridgehead atoms. The van der Waals surface area contributed by atoms with Crippen LogP contribution in [0.4, 0.5) is 13.2 Å². The zero-order valence-electron chi connectivity index (χ0n) is 10.8. The topological polar surface area (TPSA) is 46.9 Å². The van der Waals surface area contributed by atoms with Crippen LogP contribution in [0.2, 0.25) is 0 Å². The first-order chi connectivity index (χ1) is 8.79. The summed E-state index contributed by atoms with van der Waals surface area (Å²) in [5, 5.41) is 6.34. The molecule has 1 aliphatic heterocycles. The van der Waals surface area contributed by atoms with Crippen LogP contribution in [0.5, 0.6) is 0 Å². The van der Waals surface area contributed by atoms with Gasteiger partial charge in [-0.1, -0.05) is 13.8 Å². The summed E-state index contributed by atoms with van der Waals surface area (Å²) >= 11 is 0. The molecule has 0 radical (unpaired) electrons. The highest BCUT2D eigenvalue weighted by Crippen LogP contribution is 2.33. The molecule has 1 fully saturated rings. The number of hydrogen-bond acceptors (Lipinski definition) is 2. The average molecular weight is 275 g/mol. The number of hydrogen-bond donors (Lipinski definition) is 1. The Morgan fingerprint density at radius 3 is 2.68 bits per heavy atom. The van der Waals surface area contributed by atoms with Crippen molar-refractivity contribution in [2.75, 3.05) is 6.54 Å². The highest BCUT2D eigenvalue weighted by molar-refractivity contribution is 5.77. The Labute approximate surface area is 109 Å². The summed E-state index contributed by atoms with van der Waals surface area (Å²) in [5.41, 5.74) is -0.366. The fourth-order valence-corrected chi connectivity index (χ4v) is 2.25. The lowest BCUT2D eigenvalue weighted by atomic mass is 10.0. The van der Waals surface area contributed by atoms with Crippen molar-refractivity contribution in [3.05, 3.63) is 17.5 Å². The smallest absolute Gasteiger partial charge is 0.356 e. The number of carbonyl (C=O) groups is 1. The number of carbonyl (C=O) groups excluding carboxylic acids is 1. The van der Waals surface area contributed by atoms with Crippen molar-refractivity contribution < 1.29 is 18.0 Å². The maximum absolute atomic E-state index is 12.7. The van der Waals surface area contributed by atoms with Gasteiger partial charge in [0.1, 0.15) is 0 Å². The SMILES string of the molecule is CC(C)c1cc(C(F)(F)F)nn1C1CCNC(=O)C1. The summed E-state index contributed by atoms with van der Waals surface area (Å²) < 4.78 is 39.6. The van der Waals surface area contributed by atoms with Crippen molar-refractivity contribution in [2.24, 2.45) is 0 Å². The fraction of sp³-hybridized carbons (Fsp3) is 0.667. The van der Waals surface area contributed by atoms with Gasteiger partial charge in [0.05, 0.1) is 6.04 Å². The van der Waals surface area contributed by atoms with Gasteiger partial charge < -0.3 is 5.32 Å².